The fourth-order valence-electron chi connectivity index (χ4n) is 1.56. The van der Waals surface area contributed by atoms with Gasteiger partial charge in [-0.2, -0.15) is 4.74 Å². The monoisotopic (exact) mass is 229 g/mol. The molecule has 3 heteroatoms. The molecule has 0 atom stereocenters. The second-order valence-corrected chi connectivity index (χ2v) is 3.85. The van der Waals surface area contributed by atoms with Gasteiger partial charge in [0.25, 0.3) is 0 Å². The number of hydrogen-bond acceptors (Lipinski definition) is 1. The Bertz CT molecular complexity index is 564. The van der Waals surface area contributed by atoms with Gasteiger partial charge in [-0.1, -0.05) is 18.2 Å². The zero-order chi connectivity index (χ0) is 12.3. The first kappa shape index (κ1) is 11.3. The molecule has 0 aliphatic rings. The molecule has 0 N–H and O–H groups in total. The molecule has 2 rings (SSSR count). The normalized spacial score (nSPS) is 11.5. The lowest BCUT2D eigenvalue weighted by Crippen LogP contribution is -1.99. The van der Waals surface area contributed by atoms with E-state index in [-0.39, 0.29) is 5.82 Å². The van der Waals surface area contributed by atoms with Crippen LogP contribution < -0.4 is 0 Å². The first-order valence-electron chi connectivity index (χ1n) is 5.28. The number of nitrogens with zero attached hydrogens (tertiary/aromatic N) is 1. The minimum absolute atomic E-state index is 0.351. The largest absolute Gasteiger partial charge is 0.618 e. The van der Waals surface area contributed by atoms with Crippen LogP contribution in [-0.4, -0.2) is 11.0 Å². The van der Waals surface area contributed by atoms with Crippen LogP contribution in [0.15, 0.2) is 48.5 Å². The maximum Gasteiger partial charge on any atom is 0.216 e. The standard InChI is InChI=1S/C14H12FNO/c1-11-4-2-7-14(8-11)16(17)10-12-5-3-6-13(15)9-12/h2-10H,1H3. The Morgan fingerprint density at radius 2 is 1.88 bits per heavy atom. The number of aryl methyl sites for hydroxylation is 1. The third kappa shape index (κ3) is 2.91. The van der Waals surface area contributed by atoms with Crippen molar-refractivity contribution in [2.24, 2.45) is 0 Å². The number of hydrogen-bond donors (Lipinski definition) is 0. The van der Waals surface area contributed by atoms with Crippen molar-refractivity contribution in [3.63, 3.8) is 0 Å². The van der Waals surface area contributed by atoms with E-state index < -0.39 is 0 Å². The van der Waals surface area contributed by atoms with Gasteiger partial charge >= 0.3 is 0 Å². The van der Waals surface area contributed by atoms with Gasteiger partial charge in [-0.15, -0.1) is 0 Å². The van der Waals surface area contributed by atoms with Crippen LogP contribution in [0.5, 0.6) is 0 Å². The van der Waals surface area contributed by atoms with E-state index in [4.69, 9.17) is 0 Å². The molecule has 2 nitrogen and oxygen atoms in total. The summed E-state index contributed by atoms with van der Waals surface area (Å²) >= 11 is 0. The predicted molar refractivity (Wildman–Crippen MR) is 66.0 cm³/mol. The average molecular weight is 229 g/mol. The molecule has 0 radical (unpaired) electrons. The molecule has 0 heterocycles. The van der Waals surface area contributed by atoms with E-state index in [0.29, 0.717) is 11.3 Å². The average Bonchev–Trinajstić information content (AvgIpc) is 2.29. The summed E-state index contributed by atoms with van der Waals surface area (Å²) in [6, 6.07) is 13.2. The van der Waals surface area contributed by atoms with Crippen molar-refractivity contribution in [3.8, 4) is 0 Å². The molecule has 0 aliphatic carbocycles. The highest BCUT2D eigenvalue weighted by molar-refractivity contribution is 5.76. The first-order chi connectivity index (χ1) is 8.15. The van der Waals surface area contributed by atoms with Crippen molar-refractivity contribution in [2.75, 3.05) is 0 Å². The maximum atomic E-state index is 12.9. The molecule has 0 saturated carbocycles. The van der Waals surface area contributed by atoms with Crippen molar-refractivity contribution in [1.82, 2.24) is 0 Å². The summed E-state index contributed by atoms with van der Waals surface area (Å²) in [6.07, 6.45) is 1.36. The lowest BCUT2D eigenvalue weighted by Gasteiger charge is -2.03. The Hall–Kier alpha value is -2.16. The van der Waals surface area contributed by atoms with E-state index in [1.807, 2.05) is 19.1 Å². The van der Waals surface area contributed by atoms with E-state index >= 15 is 0 Å². The Kier molecular flexibility index (Phi) is 3.19. The van der Waals surface area contributed by atoms with Gasteiger partial charge in [-0.3, -0.25) is 0 Å². The molecular formula is C14H12FNO. The molecule has 2 aromatic carbocycles. The zero-order valence-electron chi connectivity index (χ0n) is 9.43. The van der Waals surface area contributed by atoms with Crippen LogP contribution in [0.1, 0.15) is 11.1 Å². The van der Waals surface area contributed by atoms with Gasteiger partial charge in [0.15, 0.2) is 6.21 Å². The summed E-state index contributed by atoms with van der Waals surface area (Å²) in [5.74, 6) is -0.351. The molecule has 0 spiro atoms. The highest BCUT2D eigenvalue weighted by atomic mass is 19.1. The Morgan fingerprint density at radius 1 is 1.12 bits per heavy atom. The lowest BCUT2D eigenvalue weighted by atomic mass is 10.2. The fourth-order valence-corrected chi connectivity index (χ4v) is 1.56. The second-order valence-electron chi connectivity index (χ2n) is 3.85. The Balaban J connectivity index is 2.34. The quantitative estimate of drug-likeness (QED) is 0.335. The molecule has 0 unspecified atom stereocenters. The topological polar surface area (TPSA) is 26.1 Å². The van der Waals surface area contributed by atoms with Crippen LogP contribution in [0.3, 0.4) is 0 Å². The van der Waals surface area contributed by atoms with Crippen LogP contribution in [0.25, 0.3) is 0 Å². The van der Waals surface area contributed by atoms with Crippen molar-refractivity contribution >= 4 is 11.9 Å². The van der Waals surface area contributed by atoms with E-state index in [9.17, 15) is 9.60 Å². The first-order valence-corrected chi connectivity index (χ1v) is 5.28. The Labute approximate surface area is 99.2 Å². The van der Waals surface area contributed by atoms with Crippen LogP contribution in [-0.2, 0) is 0 Å². The minimum Gasteiger partial charge on any atom is -0.618 e. The van der Waals surface area contributed by atoms with Crippen molar-refractivity contribution < 1.29 is 9.13 Å². The minimum atomic E-state index is -0.351. The van der Waals surface area contributed by atoms with Crippen molar-refractivity contribution in [2.45, 2.75) is 6.92 Å². The summed E-state index contributed by atoms with van der Waals surface area (Å²) < 4.78 is 13.7. The molecule has 0 bridgehead atoms. The number of rotatable bonds is 2. The summed E-state index contributed by atoms with van der Waals surface area (Å²) in [5, 5.41) is 11.8. The summed E-state index contributed by atoms with van der Waals surface area (Å²) in [4.78, 5) is 0. The van der Waals surface area contributed by atoms with Crippen molar-refractivity contribution in [1.29, 1.82) is 0 Å². The molecule has 0 fully saturated rings. The SMILES string of the molecule is Cc1cccc([N+]([O-])=Cc2cccc(F)c2)c1. The number of benzene rings is 2. The van der Waals surface area contributed by atoms with E-state index in [1.54, 1.807) is 24.3 Å². The predicted octanol–water partition coefficient (Wildman–Crippen LogP) is 3.40. The van der Waals surface area contributed by atoms with Gasteiger partial charge in [0.05, 0.1) is 0 Å². The molecule has 0 aliphatic heterocycles. The van der Waals surface area contributed by atoms with Gasteiger partial charge < -0.3 is 5.21 Å². The third-order valence-corrected chi connectivity index (χ3v) is 2.37. The van der Waals surface area contributed by atoms with Gasteiger partial charge in [-0.25, -0.2) is 4.39 Å². The van der Waals surface area contributed by atoms with Crippen LogP contribution >= 0.6 is 0 Å². The van der Waals surface area contributed by atoms with Gasteiger partial charge in [0, 0.05) is 17.7 Å². The van der Waals surface area contributed by atoms with Gasteiger partial charge in [0.2, 0.25) is 5.69 Å². The zero-order valence-corrected chi connectivity index (χ0v) is 9.43. The maximum absolute atomic E-state index is 12.9. The molecule has 0 amide bonds. The summed E-state index contributed by atoms with van der Waals surface area (Å²) in [6.45, 7) is 1.92. The second kappa shape index (κ2) is 4.78. The fraction of sp³-hybridized carbons (Fsp3) is 0.0714. The van der Waals surface area contributed by atoms with Crippen LogP contribution in [0.2, 0.25) is 0 Å². The number of halogens is 1. The summed E-state index contributed by atoms with van der Waals surface area (Å²) in [7, 11) is 0. The van der Waals surface area contributed by atoms with Crippen molar-refractivity contribution in [3.05, 3.63) is 70.7 Å². The molecule has 0 saturated heterocycles. The molecule has 2 aromatic rings. The highest BCUT2D eigenvalue weighted by Gasteiger charge is 2.02. The lowest BCUT2D eigenvalue weighted by molar-refractivity contribution is -0.354. The highest BCUT2D eigenvalue weighted by Crippen LogP contribution is 2.13. The van der Waals surface area contributed by atoms with Crippen LogP contribution in [0, 0.1) is 17.9 Å². The Morgan fingerprint density at radius 3 is 2.59 bits per heavy atom. The summed E-state index contributed by atoms with van der Waals surface area (Å²) in [5.41, 5.74) is 2.09. The van der Waals surface area contributed by atoms with E-state index in [1.165, 1.54) is 18.3 Å². The van der Waals surface area contributed by atoms with Gasteiger partial charge in [-0.05, 0) is 30.7 Å². The van der Waals surface area contributed by atoms with Crippen LogP contribution in [0.4, 0.5) is 10.1 Å². The molecule has 0 aromatic heterocycles. The van der Waals surface area contributed by atoms with E-state index in [2.05, 4.69) is 0 Å². The molecular weight excluding hydrogens is 217 g/mol. The van der Waals surface area contributed by atoms with Gasteiger partial charge in [0.1, 0.15) is 5.82 Å². The molecule has 86 valence electrons. The van der Waals surface area contributed by atoms with E-state index in [0.717, 1.165) is 10.3 Å². The third-order valence-electron chi connectivity index (χ3n) is 2.37. The molecule has 17 heavy (non-hydrogen) atoms. The smallest absolute Gasteiger partial charge is 0.216 e.